The Morgan fingerprint density at radius 2 is 2.38 bits per heavy atom. The number of rotatable bonds is 0. The molecule has 0 atom stereocenters. The van der Waals surface area contributed by atoms with Crippen LogP contribution in [0, 0.1) is 0 Å². The highest BCUT2D eigenvalue weighted by atomic mass is 14.9. The third-order valence-corrected chi connectivity index (χ3v) is 1.85. The Morgan fingerprint density at radius 1 is 1.62 bits per heavy atom. The highest BCUT2D eigenvalue weighted by Gasteiger charge is 2.06. The maximum Gasteiger partial charge on any atom is 0.0574 e. The fourth-order valence-electron chi connectivity index (χ4n) is 1.29. The van der Waals surface area contributed by atoms with Crippen LogP contribution >= 0.6 is 0 Å². The molecule has 0 saturated carbocycles. The van der Waals surface area contributed by atoms with Crippen LogP contribution < -0.4 is 5.32 Å². The topological polar surface area (TPSA) is 24.9 Å². The SMILES string of the molecule is C=CC.c1cnc2c(c1)CCNC2. The molecule has 2 heteroatoms. The Balaban J connectivity index is 0.000000251. The maximum atomic E-state index is 4.26. The lowest BCUT2D eigenvalue weighted by Crippen LogP contribution is -2.24. The number of hydrogen-bond acceptors (Lipinski definition) is 2. The Bertz CT molecular complexity index is 244. The van der Waals surface area contributed by atoms with E-state index in [0.717, 1.165) is 19.5 Å². The molecule has 1 N–H and O–H groups in total. The minimum atomic E-state index is 0.941. The average Bonchev–Trinajstić information content (AvgIpc) is 2.19. The minimum absolute atomic E-state index is 0.941. The summed E-state index contributed by atoms with van der Waals surface area (Å²) in [5.41, 5.74) is 2.62. The van der Waals surface area contributed by atoms with E-state index in [1.165, 1.54) is 11.3 Å². The van der Waals surface area contributed by atoms with Crippen LogP contribution in [0.2, 0.25) is 0 Å². The van der Waals surface area contributed by atoms with Gasteiger partial charge in [0.25, 0.3) is 0 Å². The fraction of sp³-hybridized carbons (Fsp3) is 0.364. The molecule has 2 heterocycles. The normalized spacial score (nSPS) is 13.6. The number of nitrogens with zero attached hydrogens (tertiary/aromatic N) is 1. The van der Waals surface area contributed by atoms with Gasteiger partial charge in [-0.15, -0.1) is 6.58 Å². The third-order valence-electron chi connectivity index (χ3n) is 1.85. The maximum absolute atomic E-state index is 4.26. The van der Waals surface area contributed by atoms with Crippen LogP contribution in [0.3, 0.4) is 0 Å². The second-order valence-corrected chi connectivity index (χ2v) is 2.94. The summed E-state index contributed by atoms with van der Waals surface area (Å²) < 4.78 is 0. The molecule has 0 unspecified atom stereocenters. The number of aromatic nitrogens is 1. The molecule has 0 aromatic carbocycles. The summed E-state index contributed by atoms with van der Waals surface area (Å²) in [5, 5.41) is 3.28. The van der Waals surface area contributed by atoms with Gasteiger partial charge in [0.1, 0.15) is 0 Å². The van der Waals surface area contributed by atoms with Crippen molar-refractivity contribution >= 4 is 0 Å². The number of fused-ring (bicyclic) bond motifs is 1. The van der Waals surface area contributed by atoms with E-state index < -0.39 is 0 Å². The number of allylic oxidation sites excluding steroid dienone is 1. The summed E-state index contributed by atoms with van der Waals surface area (Å²) in [5.74, 6) is 0. The highest BCUT2D eigenvalue weighted by Crippen LogP contribution is 2.08. The first-order valence-corrected chi connectivity index (χ1v) is 4.59. The van der Waals surface area contributed by atoms with Gasteiger partial charge in [0.15, 0.2) is 0 Å². The van der Waals surface area contributed by atoms with Crippen LogP contribution in [0.25, 0.3) is 0 Å². The van der Waals surface area contributed by atoms with E-state index in [9.17, 15) is 0 Å². The monoisotopic (exact) mass is 176 g/mol. The molecular formula is C11H16N2. The number of pyridine rings is 1. The van der Waals surface area contributed by atoms with Crippen molar-refractivity contribution in [2.24, 2.45) is 0 Å². The van der Waals surface area contributed by atoms with Crippen molar-refractivity contribution in [1.82, 2.24) is 10.3 Å². The van der Waals surface area contributed by atoms with E-state index in [4.69, 9.17) is 0 Å². The zero-order chi connectivity index (χ0) is 9.52. The zero-order valence-corrected chi connectivity index (χ0v) is 8.09. The van der Waals surface area contributed by atoms with Gasteiger partial charge in [0, 0.05) is 12.7 Å². The van der Waals surface area contributed by atoms with Crippen LogP contribution in [-0.4, -0.2) is 11.5 Å². The van der Waals surface area contributed by atoms with Crippen LogP contribution in [0.5, 0.6) is 0 Å². The predicted molar refractivity (Wildman–Crippen MR) is 55.5 cm³/mol. The van der Waals surface area contributed by atoms with Gasteiger partial charge in [0.05, 0.1) is 5.69 Å². The van der Waals surface area contributed by atoms with Gasteiger partial charge in [-0.05, 0) is 31.5 Å². The lowest BCUT2D eigenvalue weighted by molar-refractivity contribution is 0.627. The first kappa shape index (κ1) is 9.93. The van der Waals surface area contributed by atoms with Crippen molar-refractivity contribution in [3.8, 4) is 0 Å². The van der Waals surface area contributed by atoms with Crippen LogP contribution in [-0.2, 0) is 13.0 Å². The average molecular weight is 176 g/mol. The molecule has 2 nitrogen and oxygen atoms in total. The quantitative estimate of drug-likeness (QED) is 0.611. The van der Waals surface area contributed by atoms with Gasteiger partial charge >= 0.3 is 0 Å². The Kier molecular flexibility index (Phi) is 4.19. The van der Waals surface area contributed by atoms with E-state index in [2.05, 4.69) is 22.9 Å². The summed E-state index contributed by atoms with van der Waals surface area (Å²) in [4.78, 5) is 4.26. The van der Waals surface area contributed by atoms with Crippen LogP contribution in [0.15, 0.2) is 31.0 Å². The number of hydrogen-bond donors (Lipinski definition) is 1. The van der Waals surface area contributed by atoms with Crippen molar-refractivity contribution in [3.05, 3.63) is 42.2 Å². The lowest BCUT2D eigenvalue weighted by Gasteiger charge is -2.14. The van der Waals surface area contributed by atoms with Gasteiger partial charge < -0.3 is 5.32 Å². The Morgan fingerprint density at radius 3 is 3.08 bits per heavy atom. The molecule has 0 amide bonds. The zero-order valence-electron chi connectivity index (χ0n) is 8.09. The van der Waals surface area contributed by atoms with Crippen molar-refractivity contribution in [3.63, 3.8) is 0 Å². The van der Waals surface area contributed by atoms with E-state index in [0.29, 0.717) is 0 Å². The molecule has 1 aliphatic heterocycles. The Labute approximate surface area is 79.7 Å². The molecule has 0 radical (unpaired) electrons. The minimum Gasteiger partial charge on any atom is -0.311 e. The summed E-state index contributed by atoms with van der Waals surface area (Å²) in [7, 11) is 0. The van der Waals surface area contributed by atoms with Crippen molar-refractivity contribution < 1.29 is 0 Å². The van der Waals surface area contributed by atoms with Gasteiger partial charge in [-0.2, -0.15) is 0 Å². The van der Waals surface area contributed by atoms with Gasteiger partial charge in [0.2, 0.25) is 0 Å². The summed E-state index contributed by atoms with van der Waals surface area (Å²) in [6.45, 7) is 7.29. The Hall–Kier alpha value is -1.15. The van der Waals surface area contributed by atoms with Crippen LogP contribution in [0.1, 0.15) is 18.2 Å². The largest absolute Gasteiger partial charge is 0.311 e. The molecule has 0 bridgehead atoms. The highest BCUT2D eigenvalue weighted by molar-refractivity contribution is 5.21. The second kappa shape index (κ2) is 5.49. The summed E-state index contributed by atoms with van der Waals surface area (Å²) in [6, 6.07) is 4.16. The van der Waals surface area contributed by atoms with E-state index in [-0.39, 0.29) is 0 Å². The molecule has 13 heavy (non-hydrogen) atoms. The summed E-state index contributed by atoms with van der Waals surface area (Å²) >= 11 is 0. The molecule has 1 aliphatic rings. The molecule has 2 rings (SSSR count). The van der Waals surface area contributed by atoms with Gasteiger partial charge in [-0.3, -0.25) is 4.98 Å². The molecule has 0 aliphatic carbocycles. The standard InChI is InChI=1S/C8H10N2.C3H6/c1-2-7-3-5-9-6-8(7)10-4-1;1-3-2/h1-2,4,9H,3,5-6H2;3H,1H2,2H3. The number of nitrogens with one attached hydrogen (secondary N) is 1. The molecule has 0 saturated heterocycles. The third kappa shape index (κ3) is 2.99. The van der Waals surface area contributed by atoms with Crippen molar-refractivity contribution in [2.75, 3.05) is 6.54 Å². The fourth-order valence-corrected chi connectivity index (χ4v) is 1.29. The molecule has 1 aromatic rings. The van der Waals surface area contributed by atoms with E-state index in [1.54, 1.807) is 6.08 Å². The van der Waals surface area contributed by atoms with Crippen molar-refractivity contribution in [1.29, 1.82) is 0 Å². The van der Waals surface area contributed by atoms with Gasteiger partial charge in [-0.1, -0.05) is 12.1 Å². The molecule has 70 valence electrons. The predicted octanol–water partition coefficient (Wildman–Crippen LogP) is 1.92. The van der Waals surface area contributed by atoms with E-state index in [1.807, 2.05) is 19.2 Å². The second-order valence-electron chi connectivity index (χ2n) is 2.94. The lowest BCUT2D eigenvalue weighted by atomic mass is 10.1. The van der Waals surface area contributed by atoms with Crippen molar-refractivity contribution in [2.45, 2.75) is 19.9 Å². The smallest absolute Gasteiger partial charge is 0.0574 e. The molecule has 1 aromatic heterocycles. The molecule has 0 fully saturated rings. The van der Waals surface area contributed by atoms with E-state index >= 15 is 0 Å². The first-order chi connectivity index (χ1) is 6.38. The molecular weight excluding hydrogens is 160 g/mol. The first-order valence-electron chi connectivity index (χ1n) is 4.59. The summed E-state index contributed by atoms with van der Waals surface area (Å²) in [6.07, 6.45) is 4.73. The van der Waals surface area contributed by atoms with Gasteiger partial charge in [-0.25, -0.2) is 0 Å². The van der Waals surface area contributed by atoms with Crippen LogP contribution in [0.4, 0.5) is 0 Å². The molecule has 0 spiro atoms.